The molecule has 0 bridgehead atoms. The van der Waals surface area contributed by atoms with E-state index in [1.54, 1.807) is 26.2 Å². The topological polar surface area (TPSA) is 90.5 Å². The molecule has 0 amide bonds. The molecule has 7 nitrogen and oxygen atoms in total. The quantitative estimate of drug-likeness (QED) is 0.533. The molecule has 0 aliphatic carbocycles. The van der Waals surface area contributed by atoms with Gasteiger partial charge in [0.1, 0.15) is 35.5 Å². The maximum Gasteiger partial charge on any atom is 0.355 e. The Kier molecular flexibility index (Phi) is 6.83. The number of nitrogens with one attached hydrogen (secondary N) is 1. The van der Waals surface area contributed by atoms with Crippen LogP contribution < -0.4 is 4.74 Å². The fourth-order valence-electron chi connectivity index (χ4n) is 2.83. The average molecular weight is 432 g/mol. The molecule has 0 fully saturated rings. The summed E-state index contributed by atoms with van der Waals surface area (Å²) in [6.07, 6.45) is 0. The highest BCUT2D eigenvalue weighted by Crippen LogP contribution is 2.21. The highest BCUT2D eigenvalue weighted by molar-refractivity contribution is 7.09. The van der Waals surface area contributed by atoms with Gasteiger partial charge in [-0.1, -0.05) is 0 Å². The van der Waals surface area contributed by atoms with Crippen molar-refractivity contribution in [2.45, 2.75) is 34.0 Å². The molecule has 0 aliphatic rings. The summed E-state index contributed by atoms with van der Waals surface area (Å²) in [5, 5.41) is 2.47. The SMILES string of the molecule is CCOC(=O)c1c(C)[nH]c(C(=O)OCc2csc(COc3ccc(F)cc3)n2)c1C. The van der Waals surface area contributed by atoms with Crippen molar-refractivity contribution in [3.05, 3.63) is 68.7 Å². The molecule has 0 unspecified atom stereocenters. The number of hydrogen-bond acceptors (Lipinski definition) is 7. The predicted octanol–water partition coefficient (Wildman–Crippen LogP) is 4.34. The number of thiazole rings is 1. The van der Waals surface area contributed by atoms with Gasteiger partial charge in [0.2, 0.25) is 0 Å². The molecule has 30 heavy (non-hydrogen) atoms. The van der Waals surface area contributed by atoms with Crippen LogP contribution in [0.5, 0.6) is 5.75 Å². The largest absolute Gasteiger partial charge is 0.486 e. The number of carbonyl (C=O) groups excluding carboxylic acids is 2. The van der Waals surface area contributed by atoms with Gasteiger partial charge >= 0.3 is 11.9 Å². The fourth-order valence-corrected chi connectivity index (χ4v) is 3.52. The number of ether oxygens (including phenoxy) is 3. The van der Waals surface area contributed by atoms with Crippen molar-refractivity contribution in [2.24, 2.45) is 0 Å². The number of rotatable bonds is 8. The van der Waals surface area contributed by atoms with Crippen molar-refractivity contribution < 1.29 is 28.2 Å². The summed E-state index contributed by atoms with van der Waals surface area (Å²) in [6.45, 7) is 5.54. The Labute approximate surface area is 176 Å². The molecular formula is C21H21FN2O5S. The average Bonchev–Trinajstić information content (AvgIpc) is 3.29. The first kappa shape index (κ1) is 21.5. The maximum atomic E-state index is 12.9. The number of halogens is 1. The molecule has 0 aliphatic heterocycles. The van der Waals surface area contributed by atoms with Crippen LogP contribution in [-0.2, 0) is 22.7 Å². The Hall–Kier alpha value is -3.20. The highest BCUT2D eigenvalue weighted by Gasteiger charge is 2.23. The third-order valence-electron chi connectivity index (χ3n) is 4.25. The molecule has 2 aromatic heterocycles. The molecule has 0 radical (unpaired) electrons. The predicted molar refractivity (Wildman–Crippen MR) is 108 cm³/mol. The van der Waals surface area contributed by atoms with E-state index in [0.717, 1.165) is 0 Å². The van der Waals surface area contributed by atoms with Crippen molar-refractivity contribution in [1.82, 2.24) is 9.97 Å². The van der Waals surface area contributed by atoms with E-state index in [1.165, 1.54) is 35.6 Å². The van der Waals surface area contributed by atoms with Gasteiger partial charge < -0.3 is 19.2 Å². The Morgan fingerprint density at radius 1 is 1.10 bits per heavy atom. The zero-order valence-corrected chi connectivity index (χ0v) is 17.6. The third-order valence-corrected chi connectivity index (χ3v) is 5.12. The van der Waals surface area contributed by atoms with E-state index < -0.39 is 11.9 Å². The second kappa shape index (κ2) is 9.53. The monoisotopic (exact) mass is 432 g/mol. The lowest BCUT2D eigenvalue weighted by molar-refractivity contribution is 0.0461. The number of H-pyrrole nitrogens is 1. The van der Waals surface area contributed by atoms with Gasteiger partial charge in [-0.05, 0) is 50.6 Å². The first-order valence-electron chi connectivity index (χ1n) is 9.24. The zero-order valence-electron chi connectivity index (χ0n) is 16.8. The summed E-state index contributed by atoms with van der Waals surface area (Å²) >= 11 is 1.37. The van der Waals surface area contributed by atoms with Crippen LogP contribution in [0, 0.1) is 19.7 Å². The van der Waals surface area contributed by atoms with Crippen molar-refractivity contribution in [2.75, 3.05) is 6.61 Å². The lowest BCUT2D eigenvalue weighted by Crippen LogP contribution is -2.09. The van der Waals surface area contributed by atoms with Gasteiger partial charge in [-0.3, -0.25) is 0 Å². The lowest BCUT2D eigenvalue weighted by Gasteiger charge is -2.04. The van der Waals surface area contributed by atoms with E-state index in [1.807, 2.05) is 0 Å². The van der Waals surface area contributed by atoms with Crippen LogP contribution in [0.2, 0.25) is 0 Å². The second-order valence-electron chi connectivity index (χ2n) is 6.40. The summed E-state index contributed by atoms with van der Waals surface area (Å²) < 4.78 is 28.8. The van der Waals surface area contributed by atoms with Crippen molar-refractivity contribution >= 4 is 23.3 Å². The van der Waals surface area contributed by atoms with Gasteiger partial charge in [-0.2, -0.15) is 0 Å². The van der Waals surface area contributed by atoms with Crippen LogP contribution in [0.15, 0.2) is 29.6 Å². The minimum atomic E-state index is -0.580. The normalized spacial score (nSPS) is 10.7. The van der Waals surface area contributed by atoms with E-state index in [4.69, 9.17) is 14.2 Å². The smallest absolute Gasteiger partial charge is 0.355 e. The summed E-state index contributed by atoms with van der Waals surface area (Å²) in [5.74, 6) is -0.853. The number of benzene rings is 1. The first-order chi connectivity index (χ1) is 14.4. The second-order valence-corrected chi connectivity index (χ2v) is 7.34. The molecule has 2 heterocycles. The molecule has 1 N–H and O–H groups in total. The Balaban J connectivity index is 1.57. The van der Waals surface area contributed by atoms with Gasteiger partial charge in [-0.15, -0.1) is 11.3 Å². The summed E-state index contributed by atoms with van der Waals surface area (Å²) in [4.78, 5) is 31.8. The van der Waals surface area contributed by atoms with Gasteiger partial charge in [0.25, 0.3) is 0 Å². The van der Waals surface area contributed by atoms with E-state index in [2.05, 4.69) is 9.97 Å². The van der Waals surface area contributed by atoms with Crippen molar-refractivity contribution in [3.63, 3.8) is 0 Å². The molecule has 0 saturated heterocycles. The molecule has 3 rings (SSSR count). The third kappa shape index (κ3) is 5.04. The van der Waals surface area contributed by atoms with Gasteiger partial charge in [-0.25, -0.2) is 19.0 Å². The van der Waals surface area contributed by atoms with Gasteiger partial charge in [0.15, 0.2) is 0 Å². The van der Waals surface area contributed by atoms with Crippen LogP contribution in [0.25, 0.3) is 0 Å². The molecular weight excluding hydrogens is 411 g/mol. The van der Waals surface area contributed by atoms with Crippen LogP contribution in [0.4, 0.5) is 4.39 Å². The van der Waals surface area contributed by atoms with Crippen LogP contribution in [0.3, 0.4) is 0 Å². The number of hydrogen-bond donors (Lipinski definition) is 1. The molecule has 0 saturated carbocycles. The molecule has 1 aromatic carbocycles. The number of esters is 2. The zero-order chi connectivity index (χ0) is 21.7. The molecule has 158 valence electrons. The highest BCUT2D eigenvalue weighted by atomic mass is 32.1. The number of aromatic amines is 1. The fraction of sp³-hybridized carbons (Fsp3) is 0.286. The molecule has 9 heteroatoms. The molecule has 0 spiro atoms. The number of aryl methyl sites for hydroxylation is 1. The van der Waals surface area contributed by atoms with E-state index in [9.17, 15) is 14.0 Å². The van der Waals surface area contributed by atoms with Crippen LogP contribution >= 0.6 is 11.3 Å². The van der Waals surface area contributed by atoms with E-state index in [0.29, 0.717) is 33.3 Å². The molecule has 0 atom stereocenters. The summed E-state index contributed by atoms with van der Waals surface area (Å²) in [6, 6.07) is 5.72. The maximum absolute atomic E-state index is 12.9. The standard InChI is InChI=1S/C21H21FN2O5S/c1-4-27-20(25)18-12(2)19(23-13(18)3)21(26)29-9-15-11-30-17(24-15)10-28-16-7-5-14(22)6-8-16/h5-8,11,23H,4,9-10H2,1-3H3. The minimum absolute atomic E-state index is 0.0157. The minimum Gasteiger partial charge on any atom is -0.486 e. The summed E-state index contributed by atoms with van der Waals surface area (Å²) in [5.41, 5.74) is 2.18. The Morgan fingerprint density at radius 3 is 2.53 bits per heavy atom. The van der Waals surface area contributed by atoms with Gasteiger partial charge in [0.05, 0.1) is 17.9 Å². The number of carbonyl (C=O) groups is 2. The van der Waals surface area contributed by atoms with Crippen LogP contribution in [0.1, 0.15) is 49.7 Å². The molecule has 3 aromatic rings. The lowest BCUT2D eigenvalue weighted by atomic mass is 10.1. The Morgan fingerprint density at radius 2 is 1.83 bits per heavy atom. The number of nitrogens with zero attached hydrogens (tertiary/aromatic N) is 1. The van der Waals surface area contributed by atoms with Crippen molar-refractivity contribution in [3.8, 4) is 5.75 Å². The number of aromatic nitrogens is 2. The van der Waals surface area contributed by atoms with Crippen molar-refractivity contribution in [1.29, 1.82) is 0 Å². The Bertz CT molecular complexity index is 1040. The van der Waals surface area contributed by atoms with E-state index in [-0.39, 0.29) is 31.3 Å². The summed E-state index contributed by atoms with van der Waals surface area (Å²) in [7, 11) is 0. The van der Waals surface area contributed by atoms with E-state index >= 15 is 0 Å². The first-order valence-corrected chi connectivity index (χ1v) is 10.1. The van der Waals surface area contributed by atoms with Crippen LogP contribution in [-0.4, -0.2) is 28.5 Å². The van der Waals surface area contributed by atoms with Gasteiger partial charge in [0, 0.05) is 11.1 Å².